The van der Waals surface area contributed by atoms with Crippen molar-refractivity contribution < 1.29 is 93.9 Å². The van der Waals surface area contributed by atoms with Crippen LogP contribution in [0.25, 0.3) is 0 Å². The lowest BCUT2D eigenvalue weighted by Gasteiger charge is -2.14. The zero-order chi connectivity index (χ0) is 45.4. The quantitative estimate of drug-likeness (QED) is 0.102. The molecule has 0 aliphatic heterocycles. The number of halogens is 6. The fourth-order valence-corrected chi connectivity index (χ4v) is 5.68. The van der Waals surface area contributed by atoms with Crippen molar-refractivity contribution in [1.82, 2.24) is 0 Å². The molecule has 0 fully saturated rings. The van der Waals surface area contributed by atoms with Gasteiger partial charge in [-0.3, -0.25) is 19.2 Å². The molecule has 0 bridgehead atoms. The standard InChI is InChI=1S/C22H19F3O7S.C16H15F3O7S/c1-13(17(26)9-10-19(27)28)33-21(30)32-18-11-15(22(23,24)25)7-8-16(18)20(29)31-12-14-5-3-2-4-6-14;1-8(11(20)5-6-13(21)25-2)27-15(24)26-12-7-9(16(17,18)19)3-4-10(12)14(22)23/h2-8,11,13H,9-10,12H2,1H3,(H,27,28);3-4,7-8H,5-6H2,1-2H3,(H,22,23). The maximum atomic E-state index is 13.1. The topological polar surface area (TPSA) is 214 Å². The molecule has 0 radical (unpaired) electrons. The zero-order valence-electron chi connectivity index (χ0n) is 31.4. The molecule has 324 valence electrons. The van der Waals surface area contributed by atoms with Crippen molar-refractivity contribution in [3.05, 3.63) is 94.5 Å². The summed E-state index contributed by atoms with van der Waals surface area (Å²) in [5, 5.41) is 13.4. The van der Waals surface area contributed by atoms with E-state index < -0.39 is 109 Å². The molecular formula is C38H34F6O14S2. The molecule has 14 nitrogen and oxygen atoms in total. The van der Waals surface area contributed by atoms with Crippen molar-refractivity contribution in [3.63, 3.8) is 0 Å². The van der Waals surface area contributed by atoms with Gasteiger partial charge < -0.3 is 29.2 Å². The molecule has 0 saturated heterocycles. The number of carbonyl (C=O) groups is 8. The highest BCUT2D eigenvalue weighted by Crippen LogP contribution is 2.36. The number of carboxylic acids is 2. The van der Waals surface area contributed by atoms with E-state index in [1.165, 1.54) is 13.8 Å². The highest BCUT2D eigenvalue weighted by atomic mass is 32.2. The van der Waals surface area contributed by atoms with E-state index in [2.05, 4.69) is 4.74 Å². The van der Waals surface area contributed by atoms with Crippen LogP contribution in [0.4, 0.5) is 35.9 Å². The van der Waals surface area contributed by atoms with Gasteiger partial charge in [0.1, 0.15) is 40.8 Å². The van der Waals surface area contributed by atoms with E-state index >= 15 is 0 Å². The highest BCUT2D eigenvalue weighted by molar-refractivity contribution is 8.14. The van der Waals surface area contributed by atoms with Crippen molar-refractivity contribution in [3.8, 4) is 11.5 Å². The Balaban J connectivity index is 0.000000422. The summed E-state index contributed by atoms with van der Waals surface area (Å²) in [6.45, 7) is 2.52. The number of aliphatic carboxylic acids is 1. The molecule has 60 heavy (non-hydrogen) atoms. The Morgan fingerprint density at radius 3 is 1.52 bits per heavy atom. The zero-order valence-corrected chi connectivity index (χ0v) is 33.1. The van der Waals surface area contributed by atoms with E-state index in [0.717, 1.165) is 13.2 Å². The lowest BCUT2D eigenvalue weighted by atomic mass is 10.1. The Morgan fingerprint density at radius 2 is 1.08 bits per heavy atom. The first kappa shape index (κ1) is 50.2. The molecule has 0 saturated carbocycles. The number of aromatic carboxylic acids is 1. The second-order valence-electron chi connectivity index (χ2n) is 11.9. The Kier molecular flexibility index (Phi) is 19.3. The van der Waals surface area contributed by atoms with Gasteiger partial charge in [0, 0.05) is 12.8 Å². The van der Waals surface area contributed by atoms with Crippen molar-refractivity contribution in [1.29, 1.82) is 0 Å². The van der Waals surface area contributed by atoms with Crippen LogP contribution < -0.4 is 9.47 Å². The Morgan fingerprint density at radius 1 is 0.633 bits per heavy atom. The third-order valence-electron chi connectivity index (χ3n) is 7.51. The minimum absolute atomic E-state index is 0.155. The summed E-state index contributed by atoms with van der Waals surface area (Å²) in [6.07, 6.45) is -10.7. The first-order chi connectivity index (χ1) is 27.9. The molecule has 3 aromatic rings. The molecule has 0 amide bonds. The van der Waals surface area contributed by atoms with Gasteiger partial charge in [0.05, 0.1) is 41.6 Å². The van der Waals surface area contributed by atoms with E-state index in [-0.39, 0.29) is 25.9 Å². The summed E-state index contributed by atoms with van der Waals surface area (Å²) < 4.78 is 96.8. The summed E-state index contributed by atoms with van der Waals surface area (Å²) >= 11 is 0.720. The van der Waals surface area contributed by atoms with E-state index in [4.69, 9.17) is 24.4 Å². The monoisotopic (exact) mass is 892 g/mol. The Hall–Kier alpha value is -5.90. The van der Waals surface area contributed by atoms with E-state index in [9.17, 15) is 64.7 Å². The van der Waals surface area contributed by atoms with Crippen molar-refractivity contribution in [2.45, 2.75) is 69.0 Å². The first-order valence-corrected chi connectivity index (χ1v) is 18.7. The van der Waals surface area contributed by atoms with Gasteiger partial charge in [-0.15, -0.1) is 0 Å². The molecular weight excluding hydrogens is 859 g/mol. The lowest BCUT2D eigenvalue weighted by molar-refractivity contribution is -0.142. The number of carbonyl (C=O) groups excluding carboxylic acids is 6. The van der Waals surface area contributed by atoms with Gasteiger partial charge in [-0.2, -0.15) is 26.3 Å². The number of hydrogen-bond acceptors (Lipinski definition) is 14. The highest BCUT2D eigenvalue weighted by Gasteiger charge is 2.34. The average Bonchev–Trinajstić information content (AvgIpc) is 3.17. The van der Waals surface area contributed by atoms with Gasteiger partial charge in [0.25, 0.3) is 0 Å². The van der Waals surface area contributed by atoms with Crippen LogP contribution in [0.2, 0.25) is 0 Å². The van der Waals surface area contributed by atoms with E-state index in [1.54, 1.807) is 30.3 Å². The number of esters is 2. The summed E-state index contributed by atoms with van der Waals surface area (Å²) in [5.41, 5.74) is -2.75. The van der Waals surface area contributed by atoms with Crippen LogP contribution in [-0.2, 0) is 47.6 Å². The van der Waals surface area contributed by atoms with Crippen LogP contribution in [0.5, 0.6) is 11.5 Å². The molecule has 0 aromatic heterocycles. The summed E-state index contributed by atoms with van der Waals surface area (Å²) in [4.78, 5) is 92.9. The smallest absolute Gasteiger partial charge is 0.416 e. The van der Waals surface area contributed by atoms with Gasteiger partial charge in [0.15, 0.2) is 0 Å². The fraction of sp³-hybridized carbons (Fsp3) is 0.316. The number of methoxy groups -OCH3 is 1. The minimum Gasteiger partial charge on any atom is -0.481 e. The number of Topliss-reactive ketones (excluding diaryl/α,β-unsaturated/α-hetero) is 2. The number of hydrogen-bond donors (Lipinski definition) is 2. The number of ketones is 2. The maximum absolute atomic E-state index is 13.1. The predicted octanol–water partition coefficient (Wildman–Crippen LogP) is 8.66. The lowest BCUT2D eigenvalue weighted by Crippen LogP contribution is -2.19. The van der Waals surface area contributed by atoms with Gasteiger partial charge in [-0.1, -0.05) is 30.3 Å². The molecule has 3 aromatic carbocycles. The minimum atomic E-state index is -4.76. The van der Waals surface area contributed by atoms with Gasteiger partial charge in [0.2, 0.25) is 0 Å². The van der Waals surface area contributed by atoms with Crippen molar-refractivity contribution in [2.24, 2.45) is 0 Å². The first-order valence-electron chi connectivity index (χ1n) is 16.9. The molecule has 0 aliphatic rings. The maximum Gasteiger partial charge on any atom is 0.416 e. The van der Waals surface area contributed by atoms with Gasteiger partial charge in [-0.05, 0) is 79.3 Å². The van der Waals surface area contributed by atoms with Gasteiger partial charge in [-0.25, -0.2) is 19.2 Å². The van der Waals surface area contributed by atoms with E-state index in [0.29, 0.717) is 59.4 Å². The van der Waals surface area contributed by atoms with Crippen LogP contribution >= 0.6 is 23.5 Å². The molecule has 2 atom stereocenters. The number of benzene rings is 3. The Bertz CT molecular complexity index is 2060. The third kappa shape index (κ3) is 17.1. The van der Waals surface area contributed by atoms with E-state index in [1.807, 2.05) is 0 Å². The second kappa shape index (κ2) is 23.0. The van der Waals surface area contributed by atoms with Crippen LogP contribution in [0, 0.1) is 0 Å². The van der Waals surface area contributed by atoms with Crippen molar-refractivity contribution >= 4 is 69.6 Å². The van der Waals surface area contributed by atoms with Crippen LogP contribution in [0.15, 0.2) is 66.7 Å². The molecule has 22 heteroatoms. The SMILES string of the molecule is CC(SC(=O)Oc1cc(C(F)(F)F)ccc1C(=O)OCc1ccccc1)C(=O)CCC(=O)O.COC(=O)CCC(=O)C(C)SC(=O)Oc1cc(C(F)(F)F)ccc1C(=O)O. The molecule has 0 heterocycles. The second-order valence-corrected chi connectivity index (χ2v) is 14.5. The number of carboxylic acid groups (broad SMARTS) is 2. The predicted molar refractivity (Wildman–Crippen MR) is 200 cm³/mol. The Labute approximate surface area is 344 Å². The fourth-order valence-electron chi connectivity index (χ4n) is 4.32. The molecule has 2 N–H and O–H groups in total. The number of thioether (sulfide) groups is 2. The normalized spacial score (nSPS) is 12.1. The largest absolute Gasteiger partial charge is 0.481 e. The molecule has 3 rings (SSSR count). The number of ether oxygens (including phenoxy) is 4. The third-order valence-corrected chi connectivity index (χ3v) is 9.29. The van der Waals surface area contributed by atoms with Gasteiger partial charge >= 0.3 is 46.8 Å². The molecule has 0 aliphatic carbocycles. The average molecular weight is 893 g/mol. The number of rotatable bonds is 16. The summed E-state index contributed by atoms with van der Waals surface area (Å²) in [6, 6.07) is 12.1. The summed E-state index contributed by atoms with van der Waals surface area (Å²) in [7, 11) is 1.15. The van der Waals surface area contributed by atoms with Crippen LogP contribution in [0.1, 0.15) is 76.9 Å². The van der Waals surface area contributed by atoms with Crippen molar-refractivity contribution in [2.75, 3.05) is 7.11 Å². The van der Waals surface area contributed by atoms with Crippen LogP contribution in [-0.4, -0.2) is 73.9 Å². The number of alkyl halides is 6. The summed E-state index contributed by atoms with van der Waals surface area (Å²) in [5.74, 6) is -6.89. The van der Waals surface area contributed by atoms with Crippen LogP contribution in [0.3, 0.4) is 0 Å². The molecule has 0 spiro atoms. The molecule has 2 unspecified atom stereocenters.